The Morgan fingerprint density at radius 3 is 2.50 bits per heavy atom. The van der Waals surface area contributed by atoms with Gasteiger partial charge in [0.05, 0.1) is 18.2 Å². The van der Waals surface area contributed by atoms with E-state index < -0.39 is 17.5 Å². The van der Waals surface area contributed by atoms with Gasteiger partial charge in [0.25, 0.3) is 5.91 Å². The molecule has 0 spiro atoms. The third-order valence-corrected chi connectivity index (χ3v) is 5.78. The average molecular weight is 427 g/mol. The molecule has 0 aliphatic carbocycles. The summed E-state index contributed by atoms with van der Waals surface area (Å²) in [6.07, 6.45) is 1.67. The number of hydrogen-bond donors (Lipinski definition) is 1. The first-order valence-corrected chi connectivity index (χ1v) is 10.0. The second-order valence-corrected chi connectivity index (χ2v) is 7.87. The van der Waals surface area contributed by atoms with E-state index in [1.807, 2.05) is 42.7 Å². The van der Waals surface area contributed by atoms with Crippen molar-refractivity contribution < 1.29 is 14.4 Å². The Labute approximate surface area is 185 Å². The highest BCUT2D eigenvalue weighted by Gasteiger charge is 2.49. The summed E-state index contributed by atoms with van der Waals surface area (Å²) in [5.74, 6) is -0.170. The van der Waals surface area contributed by atoms with Crippen molar-refractivity contribution in [2.24, 2.45) is 0 Å². The van der Waals surface area contributed by atoms with Crippen molar-refractivity contribution in [3.63, 3.8) is 0 Å². The van der Waals surface area contributed by atoms with Gasteiger partial charge in [-0.1, -0.05) is 18.2 Å². The van der Waals surface area contributed by atoms with Crippen LogP contribution in [0.15, 0.2) is 54.7 Å². The third-order valence-electron chi connectivity index (χ3n) is 5.78. The van der Waals surface area contributed by atoms with Crippen LogP contribution < -0.4 is 5.32 Å². The first-order valence-electron chi connectivity index (χ1n) is 10.0. The van der Waals surface area contributed by atoms with Crippen LogP contribution in [0.4, 0.5) is 4.79 Å². The van der Waals surface area contributed by atoms with Gasteiger partial charge in [-0.3, -0.25) is 14.5 Å². The molecule has 0 radical (unpaired) electrons. The first-order chi connectivity index (χ1) is 15.3. The van der Waals surface area contributed by atoms with E-state index in [-0.39, 0.29) is 12.3 Å². The fraction of sp³-hybridized carbons (Fsp3) is 0.208. The Hall–Kier alpha value is -4.25. The molecule has 0 saturated carbocycles. The summed E-state index contributed by atoms with van der Waals surface area (Å²) in [4.78, 5) is 44.1. The molecule has 0 unspecified atom stereocenters. The Balaban J connectivity index is 1.60. The first kappa shape index (κ1) is 21.0. The van der Waals surface area contributed by atoms with E-state index >= 15 is 0 Å². The standard InChI is InChI=1S/C24H21N5O3/c1-15-12-19(16(2)29(15)21-6-4-5-11-26-21)20(30)14-28-22(31)24(3,27-23(28)32)18-9-7-17(13-25)8-10-18/h4-12H,14H2,1-3H3,(H,27,32)/t24-/m1/s1. The molecule has 1 aliphatic rings. The maximum atomic E-state index is 13.1. The van der Waals surface area contributed by atoms with E-state index in [1.165, 1.54) is 0 Å². The highest BCUT2D eigenvalue weighted by Crippen LogP contribution is 2.29. The zero-order chi connectivity index (χ0) is 23.0. The molecule has 4 rings (SSSR count). The quantitative estimate of drug-likeness (QED) is 0.497. The highest BCUT2D eigenvalue weighted by molar-refractivity contribution is 6.11. The van der Waals surface area contributed by atoms with Crippen LogP contribution in [-0.4, -0.2) is 38.7 Å². The summed E-state index contributed by atoms with van der Waals surface area (Å²) in [5.41, 5.74) is 1.62. The number of nitrogens with zero attached hydrogens (tertiary/aromatic N) is 4. The summed E-state index contributed by atoms with van der Waals surface area (Å²) in [6.45, 7) is 4.89. The van der Waals surface area contributed by atoms with Gasteiger partial charge < -0.3 is 9.88 Å². The lowest BCUT2D eigenvalue weighted by atomic mass is 9.91. The lowest BCUT2D eigenvalue weighted by molar-refractivity contribution is -0.130. The second kappa shape index (κ2) is 7.78. The molecule has 1 fully saturated rings. The maximum absolute atomic E-state index is 13.1. The number of nitriles is 1. The second-order valence-electron chi connectivity index (χ2n) is 7.87. The van der Waals surface area contributed by atoms with Crippen LogP contribution in [0.2, 0.25) is 0 Å². The third kappa shape index (κ3) is 3.34. The molecular weight excluding hydrogens is 406 g/mol. The number of nitrogens with one attached hydrogen (secondary N) is 1. The predicted molar refractivity (Wildman–Crippen MR) is 116 cm³/mol. The van der Waals surface area contributed by atoms with Crippen LogP contribution in [-0.2, 0) is 10.3 Å². The molecule has 2 aromatic heterocycles. The van der Waals surface area contributed by atoms with Gasteiger partial charge in [-0.25, -0.2) is 9.78 Å². The van der Waals surface area contributed by atoms with Crippen molar-refractivity contribution >= 4 is 17.7 Å². The Morgan fingerprint density at radius 2 is 1.88 bits per heavy atom. The number of aromatic nitrogens is 2. The largest absolute Gasteiger partial charge is 0.325 e. The number of Topliss-reactive ketones (excluding diaryl/α,β-unsaturated/α-hetero) is 1. The number of imide groups is 1. The van der Waals surface area contributed by atoms with E-state index in [4.69, 9.17) is 5.26 Å². The Bertz CT molecular complexity index is 1270. The molecule has 3 aromatic rings. The molecule has 1 aromatic carbocycles. The van der Waals surface area contributed by atoms with Crippen LogP contribution in [0.1, 0.15) is 39.8 Å². The average Bonchev–Trinajstić information content (AvgIpc) is 3.21. The van der Waals surface area contributed by atoms with E-state index in [2.05, 4.69) is 10.3 Å². The molecule has 3 heterocycles. The molecule has 1 saturated heterocycles. The van der Waals surface area contributed by atoms with Crippen LogP contribution in [0, 0.1) is 25.2 Å². The highest BCUT2D eigenvalue weighted by atomic mass is 16.2. The van der Waals surface area contributed by atoms with Crippen LogP contribution in [0.25, 0.3) is 5.82 Å². The monoisotopic (exact) mass is 427 g/mol. The summed E-state index contributed by atoms with van der Waals surface area (Å²) in [7, 11) is 0. The number of urea groups is 1. The fourth-order valence-electron chi connectivity index (χ4n) is 4.03. The number of amides is 3. The van der Waals surface area contributed by atoms with Gasteiger partial charge in [-0.15, -0.1) is 0 Å². The smallest absolute Gasteiger partial charge is 0.319 e. The van der Waals surface area contributed by atoms with Crippen molar-refractivity contribution in [1.29, 1.82) is 5.26 Å². The van der Waals surface area contributed by atoms with Crippen molar-refractivity contribution in [1.82, 2.24) is 19.8 Å². The zero-order valence-electron chi connectivity index (χ0n) is 17.9. The van der Waals surface area contributed by atoms with Crippen molar-refractivity contribution in [3.05, 3.63) is 82.8 Å². The number of ketones is 1. The molecular formula is C24H21N5O3. The van der Waals surface area contributed by atoms with Gasteiger partial charge in [0.1, 0.15) is 11.4 Å². The molecule has 32 heavy (non-hydrogen) atoms. The minimum Gasteiger partial charge on any atom is -0.319 e. The van der Waals surface area contributed by atoms with E-state index in [0.717, 1.165) is 10.6 Å². The van der Waals surface area contributed by atoms with Crippen LogP contribution >= 0.6 is 0 Å². The molecule has 8 heteroatoms. The van der Waals surface area contributed by atoms with Crippen molar-refractivity contribution in [2.75, 3.05) is 6.54 Å². The van der Waals surface area contributed by atoms with Gasteiger partial charge in [-0.2, -0.15) is 5.26 Å². The van der Waals surface area contributed by atoms with E-state index in [9.17, 15) is 14.4 Å². The van der Waals surface area contributed by atoms with Crippen molar-refractivity contribution in [3.8, 4) is 11.9 Å². The zero-order valence-corrected chi connectivity index (χ0v) is 17.9. The summed E-state index contributed by atoms with van der Waals surface area (Å²) in [6, 6.07) is 15.1. The number of carbonyl (C=O) groups is 3. The van der Waals surface area contributed by atoms with Gasteiger partial charge in [0, 0.05) is 23.1 Å². The summed E-state index contributed by atoms with van der Waals surface area (Å²) >= 11 is 0. The topological polar surface area (TPSA) is 108 Å². The number of pyridine rings is 1. The molecule has 160 valence electrons. The van der Waals surface area contributed by atoms with Crippen LogP contribution in [0.5, 0.6) is 0 Å². The number of benzene rings is 1. The number of rotatable bonds is 5. The molecule has 1 N–H and O–H groups in total. The summed E-state index contributed by atoms with van der Waals surface area (Å²) < 4.78 is 1.86. The lowest BCUT2D eigenvalue weighted by Crippen LogP contribution is -2.41. The molecule has 0 bridgehead atoms. The molecule has 3 amide bonds. The van der Waals surface area contributed by atoms with Gasteiger partial charge in [-0.05, 0) is 56.7 Å². The van der Waals surface area contributed by atoms with Gasteiger partial charge in [0.15, 0.2) is 5.78 Å². The Kier molecular flexibility index (Phi) is 5.11. The predicted octanol–water partition coefficient (Wildman–Crippen LogP) is 3.01. The minimum atomic E-state index is -1.31. The van der Waals surface area contributed by atoms with E-state index in [0.29, 0.717) is 28.2 Å². The van der Waals surface area contributed by atoms with Gasteiger partial charge in [0.2, 0.25) is 0 Å². The van der Waals surface area contributed by atoms with Gasteiger partial charge >= 0.3 is 6.03 Å². The molecule has 8 nitrogen and oxygen atoms in total. The Morgan fingerprint density at radius 1 is 1.16 bits per heavy atom. The molecule has 1 aliphatic heterocycles. The number of carbonyl (C=O) groups excluding carboxylic acids is 3. The SMILES string of the molecule is Cc1cc(C(=O)CN2C(=O)N[C@](C)(c3ccc(C#N)cc3)C2=O)c(C)n1-c1ccccn1. The lowest BCUT2D eigenvalue weighted by Gasteiger charge is -2.22. The fourth-order valence-corrected chi connectivity index (χ4v) is 4.03. The number of aryl methyl sites for hydroxylation is 1. The van der Waals surface area contributed by atoms with Crippen molar-refractivity contribution in [2.45, 2.75) is 26.3 Å². The molecule has 1 atom stereocenters. The normalized spacial score (nSPS) is 17.9. The van der Waals surface area contributed by atoms with E-state index in [1.54, 1.807) is 43.5 Å². The summed E-state index contributed by atoms with van der Waals surface area (Å²) in [5, 5.41) is 11.7. The minimum absolute atomic E-state index is 0.340. The number of hydrogen-bond acceptors (Lipinski definition) is 5. The van der Waals surface area contributed by atoms with Crippen LogP contribution in [0.3, 0.4) is 0 Å². The maximum Gasteiger partial charge on any atom is 0.325 e.